The quantitative estimate of drug-likeness (QED) is 0.582. The van der Waals surface area contributed by atoms with E-state index < -0.39 is 0 Å². The van der Waals surface area contributed by atoms with Crippen LogP contribution in [0.3, 0.4) is 0 Å². The van der Waals surface area contributed by atoms with E-state index >= 15 is 0 Å². The third kappa shape index (κ3) is 1.10. The Morgan fingerprint density at radius 2 is 1.75 bits per heavy atom. The van der Waals surface area contributed by atoms with E-state index in [9.17, 15) is 0 Å². The van der Waals surface area contributed by atoms with Crippen molar-refractivity contribution in [2.24, 2.45) is 17.8 Å². The Balaban J connectivity index is 1.63. The van der Waals surface area contributed by atoms with Gasteiger partial charge in [0.1, 0.15) is 0 Å². The van der Waals surface area contributed by atoms with E-state index in [1.54, 1.807) is 0 Å². The van der Waals surface area contributed by atoms with E-state index in [-0.39, 0.29) is 0 Å². The van der Waals surface area contributed by atoms with Crippen LogP contribution in [0.2, 0.25) is 0 Å². The molecule has 0 radical (unpaired) electrons. The molecule has 3 fully saturated rings. The van der Waals surface area contributed by atoms with E-state index in [0.29, 0.717) is 6.10 Å². The van der Waals surface area contributed by atoms with E-state index in [4.69, 9.17) is 4.74 Å². The smallest absolute Gasteiger partial charge is 0.0635 e. The molecule has 2 saturated carbocycles. The Kier molecular flexibility index (Phi) is 1.68. The van der Waals surface area contributed by atoms with Crippen molar-refractivity contribution in [2.45, 2.75) is 44.6 Å². The molecule has 0 N–H and O–H groups in total. The Bertz CT molecular complexity index is 172. The molecule has 0 bridgehead atoms. The van der Waals surface area contributed by atoms with Crippen LogP contribution in [-0.2, 0) is 4.74 Å². The molecule has 1 nitrogen and oxygen atoms in total. The van der Waals surface area contributed by atoms with Crippen molar-refractivity contribution in [3.8, 4) is 0 Å². The van der Waals surface area contributed by atoms with Gasteiger partial charge in [0.25, 0.3) is 0 Å². The van der Waals surface area contributed by atoms with Gasteiger partial charge in [0.2, 0.25) is 0 Å². The fourth-order valence-electron chi connectivity index (χ4n) is 3.17. The van der Waals surface area contributed by atoms with Crippen LogP contribution in [0, 0.1) is 17.8 Å². The van der Waals surface area contributed by atoms with Crippen molar-refractivity contribution in [2.75, 3.05) is 6.61 Å². The molecule has 1 heterocycles. The van der Waals surface area contributed by atoms with Crippen LogP contribution in [0.5, 0.6) is 0 Å². The lowest BCUT2D eigenvalue weighted by Crippen LogP contribution is -2.25. The first-order valence-corrected chi connectivity index (χ1v) is 5.57. The number of fused-ring (bicyclic) bond motifs is 1. The van der Waals surface area contributed by atoms with Gasteiger partial charge in [0.05, 0.1) is 12.7 Å². The molecule has 0 amide bonds. The fraction of sp³-hybridized carbons (Fsp3) is 1.00. The van der Waals surface area contributed by atoms with Crippen LogP contribution in [0.1, 0.15) is 38.5 Å². The molecule has 0 aromatic heterocycles. The van der Waals surface area contributed by atoms with Gasteiger partial charge in [-0.15, -0.1) is 0 Å². The lowest BCUT2D eigenvalue weighted by Gasteiger charge is -2.27. The summed E-state index contributed by atoms with van der Waals surface area (Å²) in [5.74, 6) is 2.92. The molecule has 68 valence electrons. The molecule has 1 aliphatic heterocycles. The van der Waals surface area contributed by atoms with Crippen LogP contribution in [0.25, 0.3) is 0 Å². The van der Waals surface area contributed by atoms with Crippen LogP contribution in [-0.4, -0.2) is 12.7 Å². The summed E-state index contributed by atoms with van der Waals surface area (Å²) in [6.07, 6.45) is 9.47. The zero-order chi connectivity index (χ0) is 7.97. The molecule has 3 aliphatic rings. The largest absolute Gasteiger partial charge is 0.377 e. The summed E-state index contributed by atoms with van der Waals surface area (Å²) in [6.45, 7) is 1.09. The highest BCUT2D eigenvalue weighted by Gasteiger charge is 2.51. The maximum atomic E-state index is 5.85. The molecule has 0 spiro atoms. The van der Waals surface area contributed by atoms with Crippen LogP contribution in [0.15, 0.2) is 0 Å². The van der Waals surface area contributed by atoms with Gasteiger partial charge in [-0.1, -0.05) is 19.3 Å². The summed E-state index contributed by atoms with van der Waals surface area (Å²) < 4.78 is 5.85. The van der Waals surface area contributed by atoms with Crippen LogP contribution < -0.4 is 0 Å². The van der Waals surface area contributed by atoms with E-state index in [2.05, 4.69) is 0 Å². The van der Waals surface area contributed by atoms with Gasteiger partial charge in [-0.3, -0.25) is 0 Å². The maximum absolute atomic E-state index is 5.85. The first-order chi connectivity index (χ1) is 5.95. The average Bonchev–Trinajstić information content (AvgIpc) is 2.80. The Morgan fingerprint density at radius 1 is 0.917 bits per heavy atom. The van der Waals surface area contributed by atoms with E-state index in [1.165, 1.54) is 38.5 Å². The second-order valence-corrected chi connectivity index (χ2v) is 4.86. The summed E-state index contributed by atoms with van der Waals surface area (Å²) in [5.41, 5.74) is 0. The van der Waals surface area contributed by atoms with Crippen molar-refractivity contribution in [1.82, 2.24) is 0 Å². The van der Waals surface area contributed by atoms with E-state index in [1.807, 2.05) is 0 Å². The molecule has 1 heteroatoms. The number of hydrogen-bond donors (Lipinski definition) is 0. The van der Waals surface area contributed by atoms with Gasteiger partial charge < -0.3 is 4.74 Å². The third-order valence-electron chi connectivity index (χ3n) is 4.02. The predicted molar refractivity (Wildman–Crippen MR) is 47.9 cm³/mol. The SMILES string of the molecule is C1CCC([C@H]2OC[C@H]3C[C@H]32)CC1. The molecule has 12 heavy (non-hydrogen) atoms. The fourth-order valence-corrected chi connectivity index (χ4v) is 3.17. The zero-order valence-electron chi connectivity index (χ0n) is 7.67. The van der Waals surface area contributed by atoms with Gasteiger partial charge in [0, 0.05) is 0 Å². The highest BCUT2D eigenvalue weighted by atomic mass is 16.5. The van der Waals surface area contributed by atoms with Crippen LogP contribution >= 0.6 is 0 Å². The molecule has 3 atom stereocenters. The second-order valence-electron chi connectivity index (χ2n) is 4.86. The third-order valence-corrected chi connectivity index (χ3v) is 4.02. The Morgan fingerprint density at radius 3 is 2.33 bits per heavy atom. The van der Waals surface area contributed by atoms with E-state index in [0.717, 1.165) is 24.4 Å². The molecular formula is C11H18O. The number of rotatable bonds is 1. The first kappa shape index (κ1) is 7.37. The van der Waals surface area contributed by atoms with Crippen molar-refractivity contribution in [3.05, 3.63) is 0 Å². The monoisotopic (exact) mass is 166 g/mol. The topological polar surface area (TPSA) is 9.23 Å². The maximum Gasteiger partial charge on any atom is 0.0635 e. The van der Waals surface area contributed by atoms with Gasteiger partial charge in [-0.2, -0.15) is 0 Å². The average molecular weight is 166 g/mol. The zero-order valence-corrected chi connectivity index (χ0v) is 7.67. The molecule has 2 aliphatic carbocycles. The lowest BCUT2D eigenvalue weighted by molar-refractivity contribution is 0.0217. The minimum Gasteiger partial charge on any atom is -0.377 e. The van der Waals surface area contributed by atoms with Gasteiger partial charge in [-0.25, -0.2) is 0 Å². The molecule has 0 unspecified atom stereocenters. The Hall–Kier alpha value is -0.0400. The van der Waals surface area contributed by atoms with Gasteiger partial charge in [-0.05, 0) is 37.0 Å². The molecule has 0 aromatic carbocycles. The van der Waals surface area contributed by atoms with Crippen molar-refractivity contribution in [3.63, 3.8) is 0 Å². The summed E-state index contributed by atoms with van der Waals surface area (Å²) in [7, 11) is 0. The normalized spacial score (nSPS) is 47.5. The predicted octanol–water partition coefficient (Wildman–Crippen LogP) is 2.60. The van der Waals surface area contributed by atoms with Crippen molar-refractivity contribution in [1.29, 1.82) is 0 Å². The molecular weight excluding hydrogens is 148 g/mol. The molecule has 0 aromatic rings. The van der Waals surface area contributed by atoms with Gasteiger partial charge in [0.15, 0.2) is 0 Å². The molecule has 1 saturated heterocycles. The highest BCUT2D eigenvalue weighted by Crippen LogP contribution is 2.52. The summed E-state index contributed by atoms with van der Waals surface area (Å²) in [5, 5.41) is 0. The standard InChI is InChI=1S/C11H18O/c1-2-4-8(5-3-1)11-10-6-9(10)7-12-11/h8-11H,1-7H2/t9-,10-,11-/m1/s1. The second kappa shape index (κ2) is 2.73. The van der Waals surface area contributed by atoms with Crippen molar-refractivity contribution < 1.29 is 4.74 Å². The summed E-state index contributed by atoms with van der Waals surface area (Å²) >= 11 is 0. The number of hydrogen-bond acceptors (Lipinski definition) is 1. The lowest BCUT2D eigenvalue weighted by atomic mass is 9.83. The summed E-state index contributed by atoms with van der Waals surface area (Å²) in [6, 6.07) is 0. The molecule has 3 rings (SSSR count). The highest BCUT2D eigenvalue weighted by molar-refractivity contribution is 4.99. The Labute approximate surface area is 74.5 Å². The number of ether oxygens (including phenoxy) is 1. The first-order valence-electron chi connectivity index (χ1n) is 5.57. The van der Waals surface area contributed by atoms with Crippen LogP contribution in [0.4, 0.5) is 0 Å². The van der Waals surface area contributed by atoms with Crippen molar-refractivity contribution >= 4 is 0 Å². The minimum atomic E-state index is 0.690. The van der Waals surface area contributed by atoms with Gasteiger partial charge >= 0.3 is 0 Å². The summed E-state index contributed by atoms with van der Waals surface area (Å²) in [4.78, 5) is 0. The minimum absolute atomic E-state index is 0.690.